The molecule has 150 valence electrons. The van der Waals surface area contributed by atoms with Crippen LogP contribution in [0.1, 0.15) is 11.1 Å². The molecule has 29 heavy (non-hydrogen) atoms. The van der Waals surface area contributed by atoms with Crippen molar-refractivity contribution < 1.29 is 14.3 Å². The number of ether oxygens (including phenoxy) is 1. The molecule has 5 nitrogen and oxygen atoms in total. The monoisotopic (exact) mass is 448 g/mol. The lowest BCUT2D eigenvalue weighted by atomic mass is 10.1. The Morgan fingerprint density at radius 2 is 1.76 bits per heavy atom. The maximum atomic E-state index is 12.7. The van der Waals surface area contributed by atoms with E-state index in [0.29, 0.717) is 20.5 Å². The van der Waals surface area contributed by atoms with Gasteiger partial charge in [0.1, 0.15) is 0 Å². The van der Waals surface area contributed by atoms with Gasteiger partial charge in [0.05, 0.1) is 24.7 Å². The summed E-state index contributed by atoms with van der Waals surface area (Å²) in [7, 11) is 0. The second-order valence-electron chi connectivity index (χ2n) is 6.69. The highest BCUT2D eigenvalue weighted by Gasteiger charge is 2.35. The standard InChI is InChI=1S/C21H18Cl2N2O3S/c22-16-4-3-15(18(23)12-16)13-25-20(26)19(29-21(25)27)11-14-1-5-17(6-2-14)24-7-9-28-10-8-24/h1-6,11-12H,7-10,13H2/b19-11+. The fourth-order valence-corrected chi connectivity index (χ4v) is 4.52. The van der Waals surface area contributed by atoms with E-state index in [4.69, 9.17) is 27.9 Å². The summed E-state index contributed by atoms with van der Waals surface area (Å²) in [6.07, 6.45) is 1.75. The van der Waals surface area contributed by atoms with Gasteiger partial charge in [-0.25, -0.2) is 0 Å². The minimum absolute atomic E-state index is 0.119. The number of hydrogen-bond acceptors (Lipinski definition) is 5. The lowest BCUT2D eigenvalue weighted by Crippen LogP contribution is -2.36. The average molecular weight is 449 g/mol. The molecule has 2 aromatic carbocycles. The van der Waals surface area contributed by atoms with Crippen LogP contribution in [0.2, 0.25) is 10.0 Å². The van der Waals surface area contributed by atoms with E-state index in [-0.39, 0.29) is 17.7 Å². The third-order valence-electron chi connectivity index (χ3n) is 4.78. The first-order chi connectivity index (χ1) is 14.0. The lowest BCUT2D eigenvalue weighted by Gasteiger charge is -2.28. The Morgan fingerprint density at radius 3 is 2.45 bits per heavy atom. The number of morpholine rings is 1. The van der Waals surface area contributed by atoms with E-state index >= 15 is 0 Å². The molecular weight excluding hydrogens is 431 g/mol. The molecule has 2 aliphatic rings. The van der Waals surface area contributed by atoms with Gasteiger partial charge in [0.25, 0.3) is 11.1 Å². The maximum Gasteiger partial charge on any atom is 0.293 e. The van der Waals surface area contributed by atoms with Crippen molar-refractivity contribution in [1.82, 2.24) is 4.90 Å². The van der Waals surface area contributed by atoms with Crippen LogP contribution in [0.25, 0.3) is 6.08 Å². The molecule has 8 heteroatoms. The molecule has 0 unspecified atom stereocenters. The van der Waals surface area contributed by atoms with Gasteiger partial charge in [0.15, 0.2) is 0 Å². The minimum Gasteiger partial charge on any atom is -0.378 e. The van der Waals surface area contributed by atoms with Crippen LogP contribution >= 0.6 is 35.0 Å². The summed E-state index contributed by atoms with van der Waals surface area (Å²) >= 11 is 13.0. The van der Waals surface area contributed by atoms with Crippen molar-refractivity contribution in [3.05, 3.63) is 68.5 Å². The predicted octanol–water partition coefficient (Wildman–Crippen LogP) is 5.07. The molecule has 0 aromatic heterocycles. The van der Waals surface area contributed by atoms with Gasteiger partial charge in [-0.1, -0.05) is 41.4 Å². The zero-order chi connectivity index (χ0) is 20.4. The van der Waals surface area contributed by atoms with Crippen molar-refractivity contribution in [3.63, 3.8) is 0 Å². The van der Waals surface area contributed by atoms with Crippen molar-refractivity contribution in [1.29, 1.82) is 0 Å². The Hall–Kier alpha value is -1.99. The van der Waals surface area contributed by atoms with Crippen molar-refractivity contribution in [2.75, 3.05) is 31.2 Å². The number of hydrogen-bond donors (Lipinski definition) is 0. The van der Waals surface area contributed by atoms with Crippen LogP contribution in [0.3, 0.4) is 0 Å². The van der Waals surface area contributed by atoms with Gasteiger partial charge in [0, 0.05) is 28.8 Å². The molecule has 0 radical (unpaired) electrons. The first-order valence-electron chi connectivity index (χ1n) is 9.13. The summed E-state index contributed by atoms with van der Waals surface area (Å²) in [6, 6.07) is 13.0. The Kier molecular flexibility index (Phi) is 6.15. The molecule has 0 saturated carbocycles. The lowest BCUT2D eigenvalue weighted by molar-refractivity contribution is -0.123. The van der Waals surface area contributed by atoms with E-state index in [0.717, 1.165) is 49.3 Å². The van der Waals surface area contributed by atoms with Crippen LogP contribution < -0.4 is 4.90 Å². The number of rotatable bonds is 4. The largest absolute Gasteiger partial charge is 0.378 e. The number of nitrogens with zero attached hydrogens (tertiary/aromatic N) is 2. The van der Waals surface area contributed by atoms with Crippen LogP contribution in [0.15, 0.2) is 47.4 Å². The van der Waals surface area contributed by atoms with Crippen LogP contribution in [-0.4, -0.2) is 42.3 Å². The Bertz CT molecular complexity index is 972. The fourth-order valence-electron chi connectivity index (χ4n) is 3.21. The molecule has 2 amide bonds. The molecule has 2 aliphatic heterocycles. The number of carbonyl (C=O) groups is 2. The van der Waals surface area contributed by atoms with E-state index in [1.165, 1.54) is 4.90 Å². The summed E-state index contributed by atoms with van der Waals surface area (Å²) < 4.78 is 5.38. The molecule has 0 atom stereocenters. The van der Waals surface area contributed by atoms with E-state index in [2.05, 4.69) is 4.90 Å². The predicted molar refractivity (Wildman–Crippen MR) is 117 cm³/mol. The first kappa shape index (κ1) is 20.3. The van der Waals surface area contributed by atoms with Crippen LogP contribution in [0.4, 0.5) is 10.5 Å². The van der Waals surface area contributed by atoms with Gasteiger partial charge in [-0.05, 0) is 53.2 Å². The van der Waals surface area contributed by atoms with Crippen LogP contribution in [0, 0.1) is 0 Å². The molecule has 0 bridgehead atoms. The molecule has 4 rings (SSSR count). The Balaban J connectivity index is 1.48. The number of thioether (sulfide) groups is 1. The summed E-state index contributed by atoms with van der Waals surface area (Å²) in [5.41, 5.74) is 2.67. The fraction of sp³-hybridized carbons (Fsp3) is 0.238. The zero-order valence-corrected chi connectivity index (χ0v) is 17.8. The molecule has 2 fully saturated rings. The summed E-state index contributed by atoms with van der Waals surface area (Å²) in [6.45, 7) is 3.31. The third-order valence-corrected chi connectivity index (χ3v) is 6.28. The summed E-state index contributed by atoms with van der Waals surface area (Å²) in [4.78, 5) is 29.0. The van der Waals surface area contributed by atoms with Crippen LogP contribution in [0.5, 0.6) is 0 Å². The number of benzene rings is 2. The van der Waals surface area contributed by atoms with Gasteiger partial charge in [-0.3, -0.25) is 14.5 Å². The molecule has 2 saturated heterocycles. The van der Waals surface area contributed by atoms with Gasteiger partial charge in [-0.2, -0.15) is 0 Å². The van der Waals surface area contributed by atoms with Crippen molar-refractivity contribution >= 4 is 57.9 Å². The number of imide groups is 1. The number of amides is 2. The van der Waals surface area contributed by atoms with E-state index < -0.39 is 0 Å². The second kappa shape index (κ2) is 8.79. The Morgan fingerprint density at radius 1 is 1.03 bits per heavy atom. The van der Waals surface area contributed by atoms with E-state index in [9.17, 15) is 9.59 Å². The zero-order valence-electron chi connectivity index (χ0n) is 15.4. The quantitative estimate of drug-likeness (QED) is 0.611. The first-order valence-corrected chi connectivity index (χ1v) is 10.7. The highest BCUT2D eigenvalue weighted by molar-refractivity contribution is 8.18. The van der Waals surface area contributed by atoms with Gasteiger partial charge in [0.2, 0.25) is 0 Å². The molecule has 0 spiro atoms. The SMILES string of the molecule is O=C1S/C(=C/c2ccc(N3CCOCC3)cc2)C(=O)N1Cc1ccc(Cl)cc1Cl. The minimum atomic E-state index is -0.316. The molecular formula is C21H18Cl2N2O3S. The highest BCUT2D eigenvalue weighted by Crippen LogP contribution is 2.34. The molecule has 0 aliphatic carbocycles. The third kappa shape index (κ3) is 4.61. The molecule has 2 heterocycles. The Labute approximate surface area is 183 Å². The number of anilines is 1. The molecule has 0 N–H and O–H groups in total. The van der Waals surface area contributed by atoms with Crippen molar-refractivity contribution in [2.45, 2.75) is 6.54 Å². The smallest absolute Gasteiger partial charge is 0.293 e. The van der Waals surface area contributed by atoms with Gasteiger partial charge < -0.3 is 9.64 Å². The van der Waals surface area contributed by atoms with E-state index in [1.54, 1.807) is 24.3 Å². The van der Waals surface area contributed by atoms with Crippen LogP contribution in [-0.2, 0) is 16.1 Å². The van der Waals surface area contributed by atoms with E-state index in [1.807, 2.05) is 24.3 Å². The second-order valence-corrected chi connectivity index (χ2v) is 8.53. The summed E-state index contributed by atoms with van der Waals surface area (Å²) in [5, 5.41) is 0.629. The number of halogens is 2. The summed E-state index contributed by atoms with van der Waals surface area (Å²) in [5.74, 6) is -0.316. The van der Waals surface area contributed by atoms with Crippen molar-refractivity contribution in [3.8, 4) is 0 Å². The number of carbonyl (C=O) groups excluding carboxylic acids is 2. The van der Waals surface area contributed by atoms with Crippen molar-refractivity contribution in [2.24, 2.45) is 0 Å². The average Bonchev–Trinajstić information content (AvgIpc) is 2.98. The highest BCUT2D eigenvalue weighted by atomic mass is 35.5. The molecule has 2 aromatic rings. The topological polar surface area (TPSA) is 49.9 Å². The maximum absolute atomic E-state index is 12.7. The normalized spacial score (nSPS) is 18.8. The van der Waals surface area contributed by atoms with Gasteiger partial charge in [-0.15, -0.1) is 0 Å². The van der Waals surface area contributed by atoms with Gasteiger partial charge >= 0.3 is 0 Å².